The van der Waals surface area contributed by atoms with Gasteiger partial charge in [-0.05, 0) is 37.1 Å². The first kappa shape index (κ1) is 14.4. The second-order valence-electron chi connectivity index (χ2n) is 4.39. The number of hydrogen-bond acceptors (Lipinski definition) is 2. The van der Waals surface area contributed by atoms with E-state index in [0.717, 1.165) is 38.0 Å². The van der Waals surface area contributed by atoms with Gasteiger partial charge in [-0.3, -0.25) is 0 Å². The maximum Gasteiger partial charge on any atom is 0.321 e. The lowest BCUT2D eigenvalue weighted by Gasteiger charge is -2.22. The Kier molecular flexibility index (Phi) is 6.05. The fourth-order valence-electron chi connectivity index (χ4n) is 1.70. The number of amides is 2. The normalized spacial score (nSPS) is 10.1. The van der Waals surface area contributed by atoms with Crippen LogP contribution in [-0.4, -0.2) is 24.0 Å². The Balaban J connectivity index is 2.57. The van der Waals surface area contributed by atoms with Crippen molar-refractivity contribution in [3.05, 3.63) is 24.3 Å². The summed E-state index contributed by atoms with van der Waals surface area (Å²) in [6.07, 6.45) is 3.10. The molecule has 0 aromatic heterocycles. The second kappa shape index (κ2) is 7.58. The molecule has 0 bridgehead atoms. The molecule has 1 aromatic carbocycles. The molecule has 0 saturated carbocycles. The lowest BCUT2D eigenvalue weighted by Crippen LogP contribution is -2.36. The summed E-state index contributed by atoms with van der Waals surface area (Å²) in [5.74, 6) is 0. The monoisotopic (exact) mass is 249 g/mol. The number of nitrogens with one attached hydrogen (secondary N) is 1. The van der Waals surface area contributed by atoms with Crippen LogP contribution < -0.4 is 11.1 Å². The number of hydrogen-bond donors (Lipinski definition) is 2. The number of urea groups is 1. The summed E-state index contributed by atoms with van der Waals surface area (Å²) in [6, 6.07) is 7.17. The van der Waals surface area contributed by atoms with Crippen LogP contribution in [0.4, 0.5) is 16.2 Å². The Bertz CT molecular complexity index is 362. The van der Waals surface area contributed by atoms with Crippen LogP contribution in [0.5, 0.6) is 0 Å². The topological polar surface area (TPSA) is 58.4 Å². The van der Waals surface area contributed by atoms with Crippen LogP contribution in [0.3, 0.4) is 0 Å². The summed E-state index contributed by atoms with van der Waals surface area (Å²) >= 11 is 0. The molecule has 0 aliphatic carbocycles. The fourth-order valence-corrected chi connectivity index (χ4v) is 1.70. The van der Waals surface area contributed by atoms with Crippen molar-refractivity contribution in [3.63, 3.8) is 0 Å². The minimum atomic E-state index is -0.0323. The van der Waals surface area contributed by atoms with Crippen LogP contribution >= 0.6 is 0 Å². The lowest BCUT2D eigenvalue weighted by atomic mass is 10.3. The average Bonchev–Trinajstić information content (AvgIpc) is 2.37. The number of anilines is 2. The predicted octanol–water partition coefficient (Wildman–Crippen LogP) is 3.31. The highest BCUT2D eigenvalue weighted by atomic mass is 16.2. The first-order valence-corrected chi connectivity index (χ1v) is 6.58. The van der Waals surface area contributed by atoms with E-state index in [1.807, 2.05) is 17.0 Å². The summed E-state index contributed by atoms with van der Waals surface area (Å²) in [4.78, 5) is 13.9. The number of benzene rings is 1. The van der Waals surface area contributed by atoms with Crippen LogP contribution in [0.2, 0.25) is 0 Å². The van der Waals surface area contributed by atoms with Crippen LogP contribution in [0.1, 0.15) is 33.1 Å². The summed E-state index contributed by atoms with van der Waals surface area (Å²) < 4.78 is 0. The molecule has 0 aliphatic heterocycles. The van der Waals surface area contributed by atoms with Gasteiger partial charge in [0.05, 0.1) is 0 Å². The number of carbonyl (C=O) groups excluding carboxylic acids is 1. The van der Waals surface area contributed by atoms with E-state index < -0.39 is 0 Å². The van der Waals surface area contributed by atoms with Crippen LogP contribution in [0.15, 0.2) is 24.3 Å². The van der Waals surface area contributed by atoms with Gasteiger partial charge in [-0.1, -0.05) is 20.3 Å². The summed E-state index contributed by atoms with van der Waals surface area (Å²) in [5.41, 5.74) is 7.09. The fraction of sp³-hybridized carbons (Fsp3) is 0.500. The van der Waals surface area contributed by atoms with E-state index in [0.29, 0.717) is 5.69 Å². The van der Waals surface area contributed by atoms with Crippen molar-refractivity contribution >= 4 is 17.4 Å². The third-order valence-corrected chi connectivity index (χ3v) is 2.72. The second-order valence-corrected chi connectivity index (χ2v) is 4.39. The molecule has 0 spiro atoms. The SMILES string of the molecule is CCCCN(CCC)C(=O)Nc1ccc(N)cc1. The van der Waals surface area contributed by atoms with Gasteiger partial charge < -0.3 is 16.0 Å². The standard InChI is InChI=1S/C14H23N3O/c1-3-5-11-17(10-4-2)14(18)16-13-8-6-12(15)7-9-13/h6-9H,3-5,10-11,15H2,1-2H3,(H,16,18). The van der Waals surface area contributed by atoms with E-state index in [2.05, 4.69) is 19.2 Å². The van der Waals surface area contributed by atoms with E-state index in [-0.39, 0.29) is 6.03 Å². The molecule has 4 heteroatoms. The van der Waals surface area contributed by atoms with Crippen molar-refractivity contribution in [2.45, 2.75) is 33.1 Å². The minimum absolute atomic E-state index is 0.0323. The van der Waals surface area contributed by atoms with Gasteiger partial charge in [0.25, 0.3) is 0 Å². The molecule has 0 atom stereocenters. The van der Waals surface area contributed by atoms with E-state index in [1.165, 1.54) is 0 Å². The molecule has 100 valence electrons. The number of unbranched alkanes of at least 4 members (excludes halogenated alkanes) is 1. The van der Waals surface area contributed by atoms with Gasteiger partial charge in [0.15, 0.2) is 0 Å². The van der Waals surface area contributed by atoms with E-state index >= 15 is 0 Å². The Morgan fingerprint density at radius 1 is 1.17 bits per heavy atom. The lowest BCUT2D eigenvalue weighted by molar-refractivity contribution is 0.211. The molecule has 1 aromatic rings. The van der Waals surface area contributed by atoms with Crippen molar-refractivity contribution in [2.24, 2.45) is 0 Å². The highest BCUT2D eigenvalue weighted by Crippen LogP contribution is 2.11. The molecular weight excluding hydrogens is 226 g/mol. The maximum atomic E-state index is 12.1. The van der Waals surface area contributed by atoms with Crippen molar-refractivity contribution in [3.8, 4) is 0 Å². The van der Waals surface area contributed by atoms with Gasteiger partial charge in [-0.25, -0.2) is 4.79 Å². The molecule has 1 rings (SSSR count). The zero-order chi connectivity index (χ0) is 13.4. The number of nitrogens with zero attached hydrogens (tertiary/aromatic N) is 1. The minimum Gasteiger partial charge on any atom is -0.399 e. The smallest absolute Gasteiger partial charge is 0.321 e. The summed E-state index contributed by atoms with van der Waals surface area (Å²) in [7, 11) is 0. The molecule has 4 nitrogen and oxygen atoms in total. The zero-order valence-electron chi connectivity index (χ0n) is 11.3. The van der Waals surface area contributed by atoms with E-state index in [9.17, 15) is 4.79 Å². The Labute approximate surface area is 109 Å². The molecule has 0 aliphatic rings. The number of rotatable bonds is 6. The highest BCUT2D eigenvalue weighted by Gasteiger charge is 2.11. The van der Waals surface area contributed by atoms with E-state index in [1.54, 1.807) is 12.1 Å². The third kappa shape index (κ3) is 4.65. The van der Waals surface area contributed by atoms with Gasteiger partial charge in [0.1, 0.15) is 0 Å². The number of carbonyl (C=O) groups is 1. The van der Waals surface area contributed by atoms with Crippen molar-refractivity contribution in [1.29, 1.82) is 0 Å². The molecule has 0 radical (unpaired) electrons. The molecule has 3 N–H and O–H groups in total. The number of nitrogen functional groups attached to an aromatic ring is 1. The molecule has 0 heterocycles. The third-order valence-electron chi connectivity index (χ3n) is 2.72. The first-order chi connectivity index (χ1) is 8.67. The van der Waals surface area contributed by atoms with Crippen molar-refractivity contribution in [1.82, 2.24) is 4.90 Å². The van der Waals surface area contributed by atoms with Gasteiger partial charge in [0.2, 0.25) is 0 Å². The largest absolute Gasteiger partial charge is 0.399 e. The quantitative estimate of drug-likeness (QED) is 0.760. The van der Waals surface area contributed by atoms with Crippen LogP contribution in [0.25, 0.3) is 0 Å². The molecule has 0 fully saturated rings. The maximum absolute atomic E-state index is 12.1. The average molecular weight is 249 g/mol. The Morgan fingerprint density at radius 2 is 1.83 bits per heavy atom. The van der Waals surface area contributed by atoms with Crippen LogP contribution in [0, 0.1) is 0 Å². The molecule has 0 saturated heterocycles. The van der Waals surface area contributed by atoms with Crippen LogP contribution in [-0.2, 0) is 0 Å². The van der Waals surface area contributed by atoms with Gasteiger partial charge >= 0.3 is 6.03 Å². The molecular formula is C14H23N3O. The van der Waals surface area contributed by atoms with Gasteiger partial charge in [0, 0.05) is 24.5 Å². The van der Waals surface area contributed by atoms with Crippen molar-refractivity contribution < 1.29 is 4.79 Å². The Hall–Kier alpha value is -1.71. The molecule has 18 heavy (non-hydrogen) atoms. The molecule has 2 amide bonds. The predicted molar refractivity (Wildman–Crippen MR) is 76.6 cm³/mol. The Morgan fingerprint density at radius 3 is 2.39 bits per heavy atom. The molecule has 0 unspecified atom stereocenters. The zero-order valence-corrected chi connectivity index (χ0v) is 11.3. The summed E-state index contributed by atoms with van der Waals surface area (Å²) in [6.45, 7) is 5.81. The van der Waals surface area contributed by atoms with Gasteiger partial charge in [-0.2, -0.15) is 0 Å². The van der Waals surface area contributed by atoms with Gasteiger partial charge in [-0.15, -0.1) is 0 Å². The first-order valence-electron chi connectivity index (χ1n) is 6.58. The highest BCUT2D eigenvalue weighted by molar-refractivity contribution is 5.89. The number of nitrogens with two attached hydrogens (primary N) is 1. The van der Waals surface area contributed by atoms with E-state index in [4.69, 9.17) is 5.73 Å². The van der Waals surface area contributed by atoms with Crippen molar-refractivity contribution in [2.75, 3.05) is 24.1 Å². The summed E-state index contributed by atoms with van der Waals surface area (Å²) in [5, 5.41) is 2.89.